The number of nitrogens with one attached hydrogen (secondary N) is 1. The Hall–Kier alpha value is -1.35. The minimum Gasteiger partial charge on any atom is -0.441 e. The van der Waals surface area contributed by atoms with E-state index in [2.05, 4.69) is 17.2 Å². The van der Waals surface area contributed by atoms with E-state index in [4.69, 9.17) is 4.42 Å². The minimum absolute atomic E-state index is 0.540. The lowest BCUT2D eigenvalue weighted by atomic mass is 10.1. The summed E-state index contributed by atoms with van der Waals surface area (Å²) >= 11 is 0. The number of oxazole rings is 1. The number of para-hydroxylation sites is 2. The number of rotatable bonds is 6. The molecular formula is C15H20N2O. The molecule has 3 rings (SSSR count). The Balaban J connectivity index is 1.72. The summed E-state index contributed by atoms with van der Waals surface area (Å²) in [5.74, 6) is 1.70. The fraction of sp³-hybridized carbons (Fsp3) is 0.533. The number of benzene rings is 1. The van der Waals surface area contributed by atoms with Gasteiger partial charge in [0.2, 0.25) is 0 Å². The van der Waals surface area contributed by atoms with Crippen molar-refractivity contribution in [3.05, 3.63) is 30.2 Å². The average molecular weight is 244 g/mol. The van der Waals surface area contributed by atoms with Gasteiger partial charge in [0.1, 0.15) is 5.52 Å². The molecule has 1 heterocycles. The van der Waals surface area contributed by atoms with Crippen LogP contribution in [0.5, 0.6) is 0 Å². The highest BCUT2D eigenvalue weighted by molar-refractivity contribution is 5.72. The summed E-state index contributed by atoms with van der Waals surface area (Å²) in [6, 6.07) is 8.52. The molecule has 96 valence electrons. The lowest BCUT2D eigenvalue weighted by molar-refractivity contribution is 0.412. The van der Waals surface area contributed by atoms with Crippen molar-refractivity contribution in [2.75, 3.05) is 6.54 Å². The van der Waals surface area contributed by atoms with E-state index in [1.807, 2.05) is 24.3 Å². The number of fused-ring (bicyclic) bond motifs is 1. The fourth-order valence-electron chi connectivity index (χ4n) is 2.43. The summed E-state index contributed by atoms with van der Waals surface area (Å²) in [7, 11) is 0. The Morgan fingerprint density at radius 3 is 2.94 bits per heavy atom. The summed E-state index contributed by atoms with van der Waals surface area (Å²) in [6.45, 7) is 3.29. The van der Waals surface area contributed by atoms with Gasteiger partial charge in [-0.15, -0.1) is 0 Å². The van der Waals surface area contributed by atoms with E-state index in [-0.39, 0.29) is 0 Å². The second kappa shape index (κ2) is 5.11. The second-order valence-electron chi connectivity index (χ2n) is 5.18. The first-order valence-corrected chi connectivity index (χ1v) is 6.94. The van der Waals surface area contributed by atoms with Gasteiger partial charge in [0.05, 0.1) is 0 Å². The summed E-state index contributed by atoms with van der Waals surface area (Å²) in [5, 5.41) is 3.62. The first-order valence-electron chi connectivity index (χ1n) is 6.94. The highest BCUT2D eigenvalue weighted by atomic mass is 16.3. The molecule has 3 nitrogen and oxygen atoms in total. The molecule has 1 atom stereocenters. The third-order valence-electron chi connectivity index (χ3n) is 3.58. The van der Waals surface area contributed by atoms with Gasteiger partial charge in [-0.25, -0.2) is 4.98 Å². The first-order chi connectivity index (χ1) is 8.86. The van der Waals surface area contributed by atoms with Crippen molar-refractivity contribution in [2.45, 2.75) is 38.6 Å². The molecule has 2 aromatic rings. The molecule has 0 aliphatic heterocycles. The maximum Gasteiger partial charge on any atom is 0.197 e. The van der Waals surface area contributed by atoms with Crippen LogP contribution < -0.4 is 5.32 Å². The minimum atomic E-state index is 0.540. The van der Waals surface area contributed by atoms with Gasteiger partial charge >= 0.3 is 0 Å². The molecule has 1 aromatic heterocycles. The summed E-state index contributed by atoms with van der Waals surface area (Å²) in [5.41, 5.74) is 1.87. The predicted molar refractivity (Wildman–Crippen MR) is 72.5 cm³/mol. The number of hydrogen-bond acceptors (Lipinski definition) is 3. The number of nitrogens with zero attached hydrogens (tertiary/aromatic N) is 1. The van der Waals surface area contributed by atoms with E-state index in [1.54, 1.807) is 0 Å². The molecule has 1 aliphatic rings. The maximum absolute atomic E-state index is 5.81. The van der Waals surface area contributed by atoms with E-state index >= 15 is 0 Å². The molecule has 1 N–H and O–H groups in total. The highest BCUT2D eigenvalue weighted by Gasteiger charge is 2.31. The highest BCUT2D eigenvalue weighted by Crippen LogP contribution is 2.34. The fourth-order valence-corrected chi connectivity index (χ4v) is 2.43. The Morgan fingerprint density at radius 1 is 1.39 bits per heavy atom. The molecule has 1 aliphatic carbocycles. The number of aromatic nitrogens is 1. The van der Waals surface area contributed by atoms with Crippen LogP contribution >= 0.6 is 0 Å². The van der Waals surface area contributed by atoms with Crippen molar-refractivity contribution in [1.29, 1.82) is 0 Å². The zero-order valence-corrected chi connectivity index (χ0v) is 10.9. The third kappa shape index (κ3) is 2.56. The van der Waals surface area contributed by atoms with E-state index in [9.17, 15) is 0 Å². The van der Waals surface area contributed by atoms with Crippen molar-refractivity contribution >= 4 is 11.1 Å². The van der Waals surface area contributed by atoms with Gasteiger partial charge in [0.25, 0.3) is 0 Å². The van der Waals surface area contributed by atoms with Gasteiger partial charge < -0.3 is 9.73 Å². The van der Waals surface area contributed by atoms with Crippen molar-refractivity contribution in [3.63, 3.8) is 0 Å². The van der Waals surface area contributed by atoms with Crippen LogP contribution in [0.25, 0.3) is 11.1 Å². The van der Waals surface area contributed by atoms with Crippen molar-refractivity contribution in [3.8, 4) is 0 Å². The Bertz CT molecular complexity index is 483. The summed E-state index contributed by atoms with van der Waals surface area (Å²) in [4.78, 5) is 4.56. The van der Waals surface area contributed by atoms with Gasteiger partial charge in [0.15, 0.2) is 11.5 Å². The predicted octanol–water partition coefficient (Wildman–Crippen LogP) is 3.15. The Kier molecular flexibility index (Phi) is 3.33. The molecule has 0 saturated heterocycles. The first kappa shape index (κ1) is 11.7. The quantitative estimate of drug-likeness (QED) is 0.848. The van der Waals surface area contributed by atoms with E-state index in [1.165, 1.54) is 19.3 Å². The third-order valence-corrected chi connectivity index (χ3v) is 3.58. The van der Waals surface area contributed by atoms with Gasteiger partial charge in [-0.05, 0) is 43.9 Å². The van der Waals surface area contributed by atoms with E-state index in [0.717, 1.165) is 35.9 Å². The van der Waals surface area contributed by atoms with Gasteiger partial charge in [-0.3, -0.25) is 0 Å². The SMILES string of the molecule is CCCNC(Cc1nc2ccccc2o1)C1CC1. The molecule has 1 fully saturated rings. The maximum atomic E-state index is 5.81. The van der Waals surface area contributed by atoms with Crippen molar-refractivity contribution in [1.82, 2.24) is 10.3 Å². The number of hydrogen-bond donors (Lipinski definition) is 1. The van der Waals surface area contributed by atoms with Gasteiger partial charge in [-0.1, -0.05) is 19.1 Å². The van der Waals surface area contributed by atoms with Crippen LogP contribution in [0.3, 0.4) is 0 Å². The normalized spacial score (nSPS) is 17.2. The molecule has 1 aromatic carbocycles. The van der Waals surface area contributed by atoms with E-state index in [0.29, 0.717) is 6.04 Å². The molecule has 18 heavy (non-hydrogen) atoms. The van der Waals surface area contributed by atoms with Crippen molar-refractivity contribution < 1.29 is 4.42 Å². The van der Waals surface area contributed by atoms with Crippen LogP contribution in [0.15, 0.2) is 28.7 Å². The van der Waals surface area contributed by atoms with Crippen LogP contribution in [-0.4, -0.2) is 17.6 Å². The van der Waals surface area contributed by atoms with Crippen LogP contribution in [0.4, 0.5) is 0 Å². The van der Waals surface area contributed by atoms with E-state index < -0.39 is 0 Å². The van der Waals surface area contributed by atoms with Crippen molar-refractivity contribution in [2.24, 2.45) is 5.92 Å². The Morgan fingerprint density at radius 2 is 2.22 bits per heavy atom. The molecule has 3 heteroatoms. The molecule has 1 saturated carbocycles. The van der Waals surface area contributed by atoms with Crippen LogP contribution in [0, 0.1) is 5.92 Å². The molecule has 0 spiro atoms. The molecule has 0 bridgehead atoms. The smallest absolute Gasteiger partial charge is 0.197 e. The second-order valence-corrected chi connectivity index (χ2v) is 5.18. The van der Waals surface area contributed by atoms with Gasteiger partial charge in [0, 0.05) is 12.5 Å². The molecular weight excluding hydrogens is 224 g/mol. The summed E-state index contributed by atoms with van der Waals surface area (Å²) in [6.07, 6.45) is 4.79. The largest absolute Gasteiger partial charge is 0.441 e. The zero-order chi connectivity index (χ0) is 12.4. The van der Waals surface area contributed by atoms with Crippen LogP contribution in [0.2, 0.25) is 0 Å². The monoisotopic (exact) mass is 244 g/mol. The average Bonchev–Trinajstić information content (AvgIpc) is 3.14. The lowest BCUT2D eigenvalue weighted by Gasteiger charge is -2.15. The standard InChI is InChI=1S/C15H20N2O/c1-2-9-16-13(11-7-8-11)10-15-17-12-5-3-4-6-14(12)18-15/h3-6,11,13,16H,2,7-10H2,1H3. The Labute approximate surface area is 108 Å². The topological polar surface area (TPSA) is 38.1 Å². The van der Waals surface area contributed by atoms with Crippen LogP contribution in [0.1, 0.15) is 32.1 Å². The molecule has 0 amide bonds. The van der Waals surface area contributed by atoms with Gasteiger partial charge in [-0.2, -0.15) is 0 Å². The van der Waals surface area contributed by atoms with Crippen LogP contribution in [-0.2, 0) is 6.42 Å². The molecule has 1 unspecified atom stereocenters. The lowest BCUT2D eigenvalue weighted by Crippen LogP contribution is -2.33. The summed E-state index contributed by atoms with van der Waals surface area (Å²) < 4.78 is 5.81. The molecule has 0 radical (unpaired) electrons. The zero-order valence-electron chi connectivity index (χ0n) is 10.9.